The first-order valence-corrected chi connectivity index (χ1v) is 3.80. The van der Waals surface area contributed by atoms with Gasteiger partial charge in [-0.1, -0.05) is 0 Å². The Bertz CT molecular complexity index is 177. The summed E-state index contributed by atoms with van der Waals surface area (Å²) < 4.78 is 8.27. The molecule has 0 aromatic rings. The molecule has 12 heavy (non-hydrogen) atoms. The van der Waals surface area contributed by atoms with Crippen molar-refractivity contribution in [1.29, 1.82) is 0 Å². The number of hydrogen-bond donors (Lipinski definition) is 1. The largest absolute Gasteiger partial charge is 0.412 e. The van der Waals surface area contributed by atoms with Crippen LogP contribution < -0.4 is 5.59 Å². The van der Waals surface area contributed by atoms with Gasteiger partial charge in [0.15, 0.2) is 0 Å². The van der Waals surface area contributed by atoms with E-state index in [4.69, 9.17) is 0 Å². The third-order valence-corrected chi connectivity index (χ3v) is 1.18. The van der Waals surface area contributed by atoms with Crippen molar-refractivity contribution < 1.29 is 9.02 Å². The molecule has 0 bridgehead atoms. The molecule has 2 aliphatic heterocycles. The second-order valence-corrected chi connectivity index (χ2v) is 2.12. The number of nitrogens with one attached hydrogen (secondary N) is 1. The lowest BCUT2D eigenvalue weighted by molar-refractivity contribution is 0.136. The van der Waals surface area contributed by atoms with E-state index in [1.807, 2.05) is 0 Å². The minimum absolute atomic E-state index is 1.08. The fourth-order valence-electron chi connectivity index (χ4n) is 0.386. The molecule has 0 saturated heterocycles. The van der Waals surface area contributed by atoms with Crippen LogP contribution in [0.1, 0.15) is 0 Å². The maximum Gasteiger partial charge on any atom is 0.200 e. The van der Waals surface area contributed by atoms with Gasteiger partial charge in [-0.05, 0) is 12.2 Å². The first kappa shape index (κ1) is 8.66. The third-order valence-electron chi connectivity index (χ3n) is 0.780. The number of nitrogens with zero attached hydrogens (tertiary/aromatic N) is 2. The molecule has 6 heteroatoms. The summed E-state index contributed by atoms with van der Waals surface area (Å²) >= 11 is 1.08. The van der Waals surface area contributed by atoms with Crippen LogP contribution in [-0.4, -0.2) is 12.4 Å². The van der Waals surface area contributed by atoms with Crippen molar-refractivity contribution in [2.75, 3.05) is 0 Å². The minimum atomic E-state index is 1.08. The van der Waals surface area contributed by atoms with Crippen LogP contribution in [0.4, 0.5) is 0 Å². The SMILES string of the molecule is C1=CONN=C1.C1=COSN=C1. The first-order chi connectivity index (χ1) is 6.00. The number of hydrogen-bond acceptors (Lipinski definition) is 6. The van der Waals surface area contributed by atoms with Crippen molar-refractivity contribution in [2.45, 2.75) is 0 Å². The van der Waals surface area contributed by atoms with E-state index in [0.29, 0.717) is 0 Å². The second kappa shape index (κ2) is 6.29. The van der Waals surface area contributed by atoms with Gasteiger partial charge in [-0.25, -0.2) is 0 Å². The van der Waals surface area contributed by atoms with Crippen LogP contribution >= 0.6 is 12.2 Å². The quantitative estimate of drug-likeness (QED) is 0.455. The van der Waals surface area contributed by atoms with E-state index in [-0.39, 0.29) is 0 Å². The average molecular weight is 185 g/mol. The lowest BCUT2D eigenvalue weighted by Gasteiger charge is -1.96. The van der Waals surface area contributed by atoms with E-state index in [0.717, 1.165) is 12.2 Å². The summed E-state index contributed by atoms with van der Waals surface area (Å²) in [5.74, 6) is 0. The van der Waals surface area contributed by atoms with Crippen LogP contribution in [0.2, 0.25) is 0 Å². The second-order valence-electron chi connectivity index (χ2n) is 1.57. The van der Waals surface area contributed by atoms with Crippen LogP contribution in [-0.2, 0) is 9.02 Å². The Hall–Kier alpha value is -1.43. The molecule has 0 aromatic carbocycles. The molecule has 0 atom stereocenters. The predicted octanol–water partition coefficient (Wildman–Crippen LogP) is 1.19. The Balaban J connectivity index is 0.000000120. The Morgan fingerprint density at radius 2 is 2.08 bits per heavy atom. The number of rotatable bonds is 0. The van der Waals surface area contributed by atoms with Crippen LogP contribution in [0.3, 0.4) is 0 Å². The van der Waals surface area contributed by atoms with Gasteiger partial charge in [-0.2, -0.15) is 9.50 Å². The standard InChI is InChI=1S/C3H4N2O.C3H3NOS/c1-2-4-5-6-3-1;1-2-4-6-5-3-1/h1-3,5H;1-3H. The summed E-state index contributed by atoms with van der Waals surface area (Å²) in [6.45, 7) is 0. The van der Waals surface area contributed by atoms with Crippen molar-refractivity contribution in [2.24, 2.45) is 9.50 Å². The lowest BCUT2D eigenvalue weighted by Crippen LogP contribution is -2.03. The third kappa shape index (κ3) is 4.40. The highest BCUT2D eigenvalue weighted by atomic mass is 32.2. The van der Waals surface area contributed by atoms with Crippen molar-refractivity contribution >= 4 is 24.7 Å². The molecular weight excluding hydrogens is 178 g/mol. The van der Waals surface area contributed by atoms with E-state index in [1.54, 1.807) is 30.8 Å². The van der Waals surface area contributed by atoms with Crippen molar-refractivity contribution in [3.8, 4) is 0 Å². The Morgan fingerprint density at radius 1 is 1.17 bits per heavy atom. The Labute approximate surface area is 74.1 Å². The van der Waals surface area contributed by atoms with Crippen LogP contribution in [0.15, 0.2) is 34.2 Å². The van der Waals surface area contributed by atoms with E-state index in [1.165, 1.54) is 6.26 Å². The van der Waals surface area contributed by atoms with E-state index in [9.17, 15) is 0 Å². The van der Waals surface area contributed by atoms with Crippen molar-refractivity contribution in [3.63, 3.8) is 0 Å². The molecule has 64 valence electrons. The Kier molecular flexibility index (Phi) is 4.54. The topological polar surface area (TPSA) is 55.2 Å². The predicted molar refractivity (Wildman–Crippen MR) is 48.2 cm³/mol. The zero-order valence-electron chi connectivity index (χ0n) is 6.08. The summed E-state index contributed by atoms with van der Waals surface area (Å²) in [7, 11) is 0. The normalized spacial score (nSPS) is 16.7. The van der Waals surface area contributed by atoms with E-state index < -0.39 is 0 Å². The highest BCUT2D eigenvalue weighted by molar-refractivity contribution is 7.93. The molecule has 2 heterocycles. The van der Waals surface area contributed by atoms with E-state index >= 15 is 0 Å². The minimum Gasteiger partial charge on any atom is -0.412 e. The van der Waals surface area contributed by atoms with Crippen LogP contribution in [0.25, 0.3) is 0 Å². The fourth-order valence-corrected chi connectivity index (χ4v) is 0.669. The van der Waals surface area contributed by atoms with Gasteiger partial charge in [0, 0.05) is 6.21 Å². The molecule has 1 N–H and O–H groups in total. The highest BCUT2D eigenvalue weighted by Crippen LogP contribution is 2.05. The summed E-state index contributed by atoms with van der Waals surface area (Å²) in [6.07, 6.45) is 9.79. The molecule has 0 unspecified atom stereocenters. The highest BCUT2D eigenvalue weighted by Gasteiger charge is 1.79. The fraction of sp³-hybridized carbons (Fsp3) is 0. The van der Waals surface area contributed by atoms with Crippen molar-refractivity contribution in [1.82, 2.24) is 5.59 Å². The van der Waals surface area contributed by atoms with Gasteiger partial charge in [0.05, 0.1) is 6.21 Å². The number of hydrazone groups is 1. The summed E-state index contributed by atoms with van der Waals surface area (Å²) in [5.41, 5.74) is 2.27. The lowest BCUT2D eigenvalue weighted by atomic mass is 10.7. The zero-order valence-corrected chi connectivity index (χ0v) is 6.90. The monoisotopic (exact) mass is 185 g/mol. The van der Waals surface area contributed by atoms with Crippen LogP contribution in [0, 0.1) is 0 Å². The smallest absolute Gasteiger partial charge is 0.200 e. The molecule has 0 aliphatic carbocycles. The van der Waals surface area contributed by atoms with Gasteiger partial charge >= 0.3 is 0 Å². The van der Waals surface area contributed by atoms with Crippen molar-refractivity contribution in [3.05, 3.63) is 24.7 Å². The van der Waals surface area contributed by atoms with Gasteiger partial charge in [0.25, 0.3) is 0 Å². The zero-order chi connectivity index (χ0) is 8.49. The maximum atomic E-state index is 4.61. The Morgan fingerprint density at radius 3 is 2.25 bits per heavy atom. The molecule has 0 fully saturated rings. The van der Waals surface area contributed by atoms with E-state index in [2.05, 4.69) is 24.1 Å². The summed E-state index contributed by atoms with van der Waals surface area (Å²) in [4.78, 5) is 4.44. The first-order valence-electron chi connectivity index (χ1n) is 3.10. The molecule has 0 aromatic heterocycles. The molecule has 0 saturated carbocycles. The molecule has 0 spiro atoms. The van der Waals surface area contributed by atoms with Crippen LogP contribution in [0.5, 0.6) is 0 Å². The molecule has 0 amide bonds. The van der Waals surface area contributed by atoms with Gasteiger partial charge in [0.1, 0.15) is 12.5 Å². The molecule has 2 aliphatic rings. The molecule has 2 rings (SSSR count). The summed E-state index contributed by atoms with van der Waals surface area (Å²) in [5, 5.41) is 3.49. The maximum absolute atomic E-state index is 4.61. The summed E-state index contributed by atoms with van der Waals surface area (Å²) in [6, 6.07) is 0. The van der Waals surface area contributed by atoms with Gasteiger partial charge < -0.3 is 9.02 Å². The molecule has 5 nitrogen and oxygen atoms in total. The molecule has 0 radical (unpaired) electrons. The molecular formula is C6H7N3O2S. The van der Waals surface area contributed by atoms with Gasteiger partial charge in [-0.3, -0.25) is 0 Å². The van der Waals surface area contributed by atoms with Gasteiger partial charge in [-0.15, -0.1) is 5.59 Å². The average Bonchev–Trinajstić information content (AvgIpc) is 2.24. The van der Waals surface area contributed by atoms with Gasteiger partial charge in [0.2, 0.25) is 12.2 Å². The number of allylic oxidation sites excluding steroid dienone is 2.